The molecular weight excluding hydrogens is 398 g/mol. The van der Waals surface area contributed by atoms with Gasteiger partial charge in [0.05, 0.1) is 30.4 Å². The molecule has 0 saturated carbocycles. The highest BCUT2D eigenvalue weighted by Gasteiger charge is 2.37. The smallest absolute Gasteiger partial charge is 0.375 e. The Balaban J connectivity index is 1.70. The number of rotatable bonds is 5. The quantitative estimate of drug-likeness (QED) is 0.700. The van der Waals surface area contributed by atoms with Gasteiger partial charge in [-0.2, -0.15) is 26.3 Å². The molecule has 29 heavy (non-hydrogen) atoms. The minimum absolute atomic E-state index is 0.0720. The van der Waals surface area contributed by atoms with Crippen LogP contribution in [0.3, 0.4) is 0 Å². The molecule has 1 aliphatic rings. The van der Waals surface area contributed by atoms with E-state index in [0.717, 1.165) is 12.1 Å². The zero-order valence-electron chi connectivity index (χ0n) is 15.3. The average Bonchev–Trinajstić information content (AvgIpc) is 2.67. The number of alkyl halides is 6. The van der Waals surface area contributed by atoms with Crippen LogP contribution in [0.15, 0.2) is 48.5 Å². The molecular formula is C20H20F6N2O. The number of hydrogen-bond acceptors (Lipinski definition) is 3. The molecule has 9 heteroatoms. The van der Waals surface area contributed by atoms with Crippen molar-refractivity contribution in [2.24, 2.45) is 0 Å². The van der Waals surface area contributed by atoms with Crippen LogP contribution in [-0.4, -0.2) is 25.7 Å². The van der Waals surface area contributed by atoms with E-state index in [2.05, 4.69) is 10.6 Å². The summed E-state index contributed by atoms with van der Waals surface area (Å²) in [7, 11) is 0. The van der Waals surface area contributed by atoms with Crippen LogP contribution in [0.1, 0.15) is 28.3 Å². The second-order valence-electron chi connectivity index (χ2n) is 6.83. The van der Waals surface area contributed by atoms with E-state index in [0.29, 0.717) is 18.7 Å². The molecule has 0 aromatic heterocycles. The van der Waals surface area contributed by atoms with Crippen molar-refractivity contribution in [3.05, 3.63) is 70.8 Å². The van der Waals surface area contributed by atoms with Crippen LogP contribution in [-0.2, 0) is 23.7 Å². The maximum Gasteiger partial charge on any atom is 0.416 e. The Morgan fingerprint density at radius 1 is 0.828 bits per heavy atom. The van der Waals surface area contributed by atoms with E-state index < -0.39 is 23.5 Å². The summed E-state index contributed by atoms with van der Waals surface area (Å²) in [6.45, 7) is 1.19. The lowest BCUT2D eigenvalue weighted by molar-refractivity contribution is -0.143. The number of nitrogens with one attached hydrogen (secondary N) is 2. The summed E-state index contributed by atoms with van der Waals surface area (Å²) in [6, 6.07) is 10.8. The molecule has 0 amide bonds. The first kappa shape index (κ1) is 21.6. The molecule has 0 radical (unpaired) electrons. The van der Waals surface area contributed by atoms with Crippen LogP contribution < -0.4 is 10.6 Å². The van der Waals surface area contributed by atoms with Gasteiger partial charge in [-0.05, 0) is 29.3 Å². The molecule has 0 spiro atoms. The Hall–Kier alpha value is -2.10. The standard InChI is InChI=1S/C20H20F6N2O/c21-19(22,23)15-8-13(9-16(10-15)20(24,25)26)11-29-12-17-18(28-7-6-27-17)14-4-2-1-3-5-14/h1-5,8-10,17-18,27-28H,6-7,11-12H2/t17-,18+/m1/s1. The summed E-state index contributed by atoms with van der Waals surface area (Å²) in [5.41, 5.74) is -1.84. The molecule has 2 aromatic rings. The van der Waals surface area contributed by atoms with Gasteiger partial charge in [-0.15, -0.1) is 0 Å². The fourth-order valence-corrected chi connectivity index (χ4v) is 3.32. The zero-order chi connectivity index (χ0) is 21.1. The van der Waals surface area contributed by atoms with Gasteiger partial charge in [-0.25, -0.2) is 0 Å². The Morgan fingerprint density at radius 2 is 1.41 bits per heavy atom. The van der Waals surface area contributed by atoms with Crippen molar-refractivity contribution in [1.82, 2.24) is 10.6 Å². The van der Waals surface area contributed by atoms with Gasteiger partial charge in [0.15, 0.2) is 0 Å². The van der Waals surface area contributed by atoms with Crippen molar-refractivity contribution in [3.8, 4) is 0 Å². The number of piperazine rings is 1. The Bertz CT molecular complexity index is 775. The molecule has 158 valence electrons. The molecule has 2 N–H and O–H groups in total. The van der Waals surface area contributed by atoms with Crippen molar-refractivity contribution in [1.29, 1.82) is 0 Å². The molecule has 1 fully saturated rings. The largest absolute Gasteiger partial charge is 0.416 e. The van der Waals surface area contributed by atoms with Crippen molar-refractivity contribution in [2.75, 3.05) is 19.7 Å². The molecule has 3 nitrogen and oxygen atoms in total. The highest BCUT2D eigenvalue weighted by atomic mass is 19.4. The van der Waals surface area contributed by atoms with E-state index in [4.69, 9.17) is 4.74 Å². The highest BCUT2D eigenvalue weighted by Crippen LogP contribution is 2.36. The molecule has 1 saturated heterocycles. The summed E-state index contributed by atoms with van der Waals surface area (Å²) >= 11 is 0. The van der Waals surface area contributed by atoms with Crippen LogP contribution in [0.25, 0.3) is 0 Å². The first-order chi connectivity index (χ1) is 13.6. The number of ether oxygens (including phenoxy) is 1. The SMILES string of the molecule is FC(F)(F)c1cc(COC[C@H]2NCCN[C@H]2c2ccccc2)cc(C(F)(F)F)c1. The van der Waals surface area contributed by atoms with Crippen molar-refractivity contribution in [3.63, 3.8) is 0 Å². The predicted octanol–water partition coefficient (Wildman–Crippen LogP) is 4.54. The van der Waals surface area contributed by atoms with E-state index >= 15 is 0 Å². The monoisotopic (exact) mass is 418 g/mol. The summed E-state index contributed by atoms with van der Waals surface area (Å²) in [4.78, 5) is 0. The molecule has 3 rings (SSSR count). The zero-order valence-corrected chi connectivity index (χ0v) is 15.3. The molecule has 1 aliphatic heterocycles. The third-order valence-corrected chi connectivity index (χ3v) is 4.67. The van der Waals surface area contributed by atoms with Crippen LogP contribution in [0.4, 0.5) is 26.3 Å². The molecule has 1 heterocycles. The third kappa shape index (κ3) is 5.71. The molecule has 0 unspecified atom stereocenters. The van der Waals surface area contributed by atoms with Crippen LogP contribution in [0.5, 0.6) is 0 Å². The predicted molar refractivity (Wildman–Crippen MR) is 95.1 cm³/mol. The minimum atomic E-state index is -4.87. The fraction of sp³-hybridized carbons (Fsp3) is 0.400. The van der Waals surface area contributed by atoms with Gasteiger partial charge in [0.25, 0.3) is 0 Å². The Morgan fingerprint density at radius 3 is 2.00 bits per heavy atom. The minimum Gasteiger partial charge on any atom is -0.375 e. The maximum atomic E-state index is 13.0. The molecule has 0 aliphatic carbocycles. The second kappa shape index (κ2) is 8.73. The lowest BCUT2D eigenvalue weighted by Crippen LogP contribution is -2.52. The van der Waals surface area contributed by atoms with Gasteiger partial charge >= 0.3 is 12.4 Å². The first-order valence-electron chi connectivity index (χ1n) is 9.02. The lowest BCUT2D eigenvalue weighted by atomic mass is 9.98. The lowest BCUT2D eigenvalue weighted by Gasteiger charge is -2.34. The van der Waals surface area contributed by atoms with Crippen LogP contribution in [0, 0.1) is 0 Å². The van der Waals surface area contributed by atoms with Crippen molar-refractivity contribution >= 4 is 0 Å². The average molecular weight is 418 g/mol. The van der Waals surface area contributed by atoms with E-state index in [1.807, 2.05) is 30.3 Å². The van der Waals surface area contributed by atoms with Crippen LogP contribution >= 0.6 is 0 Å². The third-order valence-electron chi connectivity index (χ3n) is 4.67. The Labute approximate surface area is 164 Å². The van der Waals surface area contributed by atoms with E-state index in [-0.39, 0.29) is 36.9 Å². The van der Waals surface area contributed by atoms with Crippen molar-refractivity contribution in [2.45, 2.75) is 31.0 Å². The molecule has 2 atom stereocenters. The number of benzene rings is 2. The van der Waals surface area contributed by atoms with Gasteiger partial charge in [0.1, 0.15) is 0 Å². The van der Waals surface area contributed by atoms with E-state index in [1.54, 1.807) is 0 Å². The Kier molecular flexibility index (Phi) is 6.50. The number of halogens is 6. The fourth-order valence-electron chi connectivity index (χ4n) is 3.32. The highest BCUT2D eigenvalue weighted by molar-refractivity contribution is 5.33. The van der Waals surface area contributed by atoms with Gasteiger partial charge in [0, 0.05) is 19.1 Å². The first-order valence-corrected chi connectivity index (χ1v) is 9.02. The van der Waals surface area contributed by atoms with E-state index in [9.17, 15) is 26.3 Å². The molecule has 0 bridgehead atoms. The number of hydrogen-bond donors (Lipinski definition) is 2. The molecule has 2 aromatic carbocycles. The van der Waals surface area contributed by atoms with Gasteiger partial charge in [0.2, 0.25) is 0 Å². The van der Waals surface area contributed by atoms with Gasteiger partial charge in [-0.1, -0.05) is 30.3 Å². The summed E-state index contributed by atoms with van der Waals surface area (Å²) < 4.78 is 83.3. The topological polar surface area (TPSA) is 33.3 Å². The second-order valence-corrected chi connectivity index (χ2v) is 6.83. The summed E-state index contributed by atoms with van der Waals surface area (Å²) in [6.07, 6.45) is -9.74. The summed E-state index contributed by atoms with van der Waals surface area (Å²) in [5.74, 6) is 0. The van der Waals surface area contributed by atoms with E-state index in [1.165, 1.54) is 0 Å². The van der Waals surface area contributed by atoms with Crippen molar-refractivity contribution < 1.29 is 31.1 Å². The normalized spacial score (nSPS) is 20.6. The summed E-state index contributed by atoms with van der Waals surface area (Å²) in [5, 5.41) is 6.63. The van der Waals surface area contributed by atoms with Gasteiger partial charge in [-0.3, -0.25) is 0 Å². The van der Waals surface area contributed by atoms with Crippen LogP contribution in [0.2, 0.25) is 0 Å². The van der Waals surface area contributed by atoms with Gasteiger partial charge < -0.3 is 15.4 Å². The maximum absolute atomic E-state index is 13.0.